The standard InChI is InChI=1S/C18H17ClF2N2OS/c19-13-5-2-1-4-12(13)16-8-9-23(10-11-25-16)18(24)22-17-14(20)6-3-7-15(17)21/h1-7,16H,8-11H2,(H,22,24). The number of nitrogens with one attached hydrogen (secondary N) is 1. The Bertz CT molecular complexity index is 754. The number of hydrogen-bond acceptors (Lipinski definition) is 2. The third kappa shape index (κ3) is 4.25. The smallest absolute Gasteiger partial charge is 0.322 e. The van der Waals surface area contributed by atoms with E-state index in [-0.39, 0.29) is 5.25 Å². The van der Waals surface area contributed by atoms with Crippen molar-refractivity contribution in [2.24, 2.45) is 0 Å². The highest BCUT2D eigenvalue weighted by Crippen LogP contribution is 2.37. The van der Waals surface area contributed by atoms with E-state index in [1.54, 1.807) is 16.7 Å². The molecule has 3 nitrogen and oxygen atoms in total. The molecular formula is C18H17ClF2N2OS. The maximum atomic E-state index is 13.7. The van der Waals surface area contributed by atoms with Crippen molar-refractivity contribution in [3.8, 4) is 0 Å². The number of hydrogen-bond donors (Lipinski definition) is 1. The summed E-state index contributed by atoms with van der Waals surface area (Å²) in [5.41, 5.74) is 0.642. The molecule has 1 fully saturated rings. The van der Waals surface area contributed by atoms with Gasteiger partial charge in [-0.2, -0.15) is 11.8 Å². The Labute approximate surface area is 154 Å². The van der Waals surface area contributed by atoms with Gasteiger partial charge in [-0.25, -0.2) is 13.6 Å². The summed E-state index contributed by atoms with van der Waals surface area (Å²) in [5.74, 6) is -0.846. The maximum absolute atomic E-state index is 13.7. The van der Waals surface area contributed by atoms with E-state index in [2.05, 4.69) is 5.32 Å². The molecule has 1 heterocycles. The van der Waals surface area contributed by atoms with Gasteiger partial charge in [0.25, 0.3) is 0 Å². The number of thioether (sulfide) groups is 1. The average molecular weight is 383 g/mol. The molecule has 2 aromatic rings. The van der Waals surface area contributed by atoms with E-state index in [1.165, 1.54) is 6.07 Å². The number of anilines is 1. The molecule has 132 valence electrons. The van der Waals surface area contributed by atoms with Crippen LogP contribution < -0.4 is 5.32 Å². The Kier molecular flexibility index (Phi) is 5.81. The van der Waals surface area contributed by atoms with Crippen LogP contribution in [0.2, 0.25) is 5.02 Å². The van der Waals surface area contributed by atoms with Crippen molar-refractivity contribution in [1.82, 2.24) is 4.90 Å². The van der Waals surface area contributed by atoms with Crippen molar-refractivity contribution in [3.63, 3.8) is 0 Å². The molecule has 1 atom stereocenters. The molecule has 0 aromatic heterocycles. The van der Waals surface area contributed by atoms with Gasteiger partial charge in [0.1, 0.15) is 17.3 Å². The van der Waals surface area contributed by atoms with Gasteiger partial charge in [0, 0.05) is 29.1 Å². The second-order valence-corrected chi connectivity index (χ2v) is 7.40. The minimum Gasteiger partial charge on any atom is -0.324 e. The first-order valence-corrected chi connectivity index (χ1v) is 9.35. The van der Waals surface area contributed by atoms with Gasteiger partial charge in [-0.05, 0) is 30.2 Å². The van der Waals surface area contributed by atoms with E-state index >= 15 is 0 Å². The fraction of sp³-hybridized carbons (Fsp3) is 0.278. The number of benzene rings is 2. The summed E-state index contributed by atoms with van der Waals surface area (Å²) >= 11 is 7.99. The van der Waals surface area contributed by atoms with E-state index in [0.29, 0.717) is 18.1 Å². The zero-order valence-electron chi connectivity index (χ0n) is 13.3. The summed E-state index contributed by atoms with van der Waals surface area (Å²) in [6, 6.07) is 10.7. The normalized spacial score (nSPS) is 17.9. The van der Waals surface area contributed by atoms with Gasteiger partial charge in [0.05, 0.1) is 0 Å². The van der Waals surface area contributed by atoms with Crippen molar-refractivity contribution in [1.29, 1.82) is 0 Å². The lowest BCUT2D eigenvalue weighted by molar-refractivity contribution is 0.215. The van der Waals surface area contributed by atoms with Crippen LogP contribution in [0, 0.1) is 11.6 Å². The van der Waals surface area contributed by atoms with Crippen LogP contribution in [-0.4, -0.2) is 29.8 Å². The molecule has 0 spiro atoms. The number of amides is 2. The fourth-order valence-corrected chi connectivity index (χ4v) is 4.36. The van der Waals surface area contributed by atoms with Gasteiger partial charge in [0.15, 0.2) is 0 Å². The van der Waals surface area contributed by atoms with Gasteiger partial charge in [-0.15, -0.1) is 0 Å². The zero-order valence-corrected chi connectivity index (χ0v) is 14.9. The zero-order chi connectivity index (χ0) is 17.8. The van der Waals surface area contributed by atoms with Crippen LogP contribution >= 0.6 is 23.4 Å². The maximum Gasteiger partial charge on any atom is 0.322 e. The first kappa shape index (κ1) is 18.0. The topological polar surface area (TPSA) is 32.3 Å². The number of nitrogens with zero attached hydrogens (tertiary/aromatic N) is 1. The Morgan fingerprint density at radius 1 is 1.12 bits per heavy atom. The van der Waals surface area contributed by atoms with Crippen LogP contribution in [-0.2, 0) is 0 Å². The summed E-state index contributed by atoms with van der Waals surface area (Å²) in [4.78, 5) is 14.0. The number of para-hydroxylation sites is 1. The predicted molar refractivity (Wildman–Crippen MR) is 98.2 cm³/mol. The van der Waals surface area contributed by atoms with Crippen LogP contribution in [0.15, 0.2) is 42.5 Å². The molecule has 1 unspecified atom stereocenters. The van der Waals surface area contributed by atoms with Crippen LogP contribution in [0.1, 0.15) is 17.2 Å². The summed E-state index contributed by atoms with van der Waals surface area (Å²) in [6.07, 6.45) is 0.724. The number of halogens is 3. The van der Waals surface area contributed by atoms with Gasteiger partial charge in [0.2, 0.25) is 0 Å². The molecule has 0 bridgehead atoms. The van der Waals surface area contributed by atoms with E-state index in [4.69, 9.17) is 11.6 Å². The predicted octanol–water partition coefficient (Wildman–Crippen LogP) is 5.33. The molecule has 1 aliphatic heterocycles. The first-order valence-electron chi connectivity index (χ1n) is 7.92. The third-order valence-corrected chi connectivity index (χ3v) is 5.73. The van der Waals surface area contributed by atoms with Gasteiger partial charge < -0.3 is 10.2 Å². The van der Waals surface area contributed by atoms with Gasteiger partial charge >= 0.3 is 6.03 Å². The Morgan fingerprint density at radius 2 is 1.84 bits per heavy atom. The van der Waals surface area contributed by atoms with E-state index in [9.17, 15) is 13.6 Å². The molecule has 3 rings (SSSR count). The Balaban J connectivity index is 1.67. The van der Waals surface area contributed by atoms with Crippen LogP contribution in [0.4, 0.5) is 19.3 Å². The van der Waals surface area contributed by atoms with E-state index < -0.39 is 23.4 Å². The van der Waals surface area contributed by atoms with Gasteiger partial charge in [-0.1, -0.05) is 35.9 Å². The molecular weight excluding hydrogens is 366 g/mol. The van der Waals surface area contributed by atoms with Crippen LogP contribution in [0.25, 0.3) is 0 Å². The highest BCUT2D eigenvalue weighted by molar-refractivity contribution is 7.99. The van der Waals surface area contributed by atoms with Crippen molar-refractivity contribution in [3.05, 3.63) is 64.7 Å². The molecule has 25 heavy (non-hydrogen) atoms. The van der Waals surface area contributed by atoms with Crippen molar-refractivity contribution >= 4 is 35.1 Å². The number of carbonyl (C=O) groups excluding carboxylic acids is 1. The number of urea groups is 1. The minimum absolute atomic E-state index is 0.191. The minimum atomic E-state index is -0.786. The summed E-state index contributed by atoms with van der Waals surface area (Å²) < 4.78 is 27.4. The highest BCUT2D eigenvalue weighted by Gasteiger charge is 2.24. The lowest BCUT2D eigenvalue weighted by Crippen LogP contribution is -2.37. The van der Waals surface area contributed by atoms with Crippen molar-refractivity contribution in [2.75, 3.05) is 24.2 Å². The monoisotopic (exact) mass is 382 g/mol. The Morgan fingerprint density at radius 3 is 2.56 bits per heavy atom. The summed E-state index contributed by atoms with van der Waals surface area (Å²) in [7, 11) is 0. The SMILES string of the molecule is O=C(Nc1c(F)cccc1F)N1CCSC(c2ccccc2Cl)CC1. The van der Waals surface area contributed by atoms with Crippen LogP contribution in [0.3, 0.4) is 0 Å². The highest BCUT2D eigenvalue weighted by atomic mass is 35.5. The molecule has 1 saturated heterocycles. The number of carbonyl (C=O) groups is 1. The molecule has 0 saturated carbocycles. The lowest BCUT2D eigenvalue weighted by atomic mass is 10.1. The van der Waals surface area contributed by atoms with Crippen LogP contribution in [0.5, 0.6) is 0 Å². The molecule has 7 heteroatoms. The molecule has 1 aliphatic rings. The van der Waals surface area contributed by atoms with E-state index in [1.807, 2.05) is 24.3 Å². The summed E-state index contributed by atoms with van der Waals surface area (Å²) in [5, 5.41) is 3.25. The van der Waals surface area contributed by atoms with Crippen molar-refractivity contribution < 1.29 is 13.6 Å². The number of rotatable bonds is 2. The lowest BCUT2D eigenvalue weighted by Gasteiger charge is -2.21. The Hall–Kier alpha value is -1.79. The first-order chi connectivity index (χ1) is 12.1. The second-order valence-electron chi connectivity index (χ2n) is 5.68. The summed E-state index contributed by atoms with van der Waals surface area (Å²) in [6.45, 7) is 0.998. The molecule has 0 aliphatic carbocycles. The molecule has 2 amide bonds. The largest absolute Gasteiger partial charge is 0.324 e. The molecule has 1 N–H and O–H groups in total. The van der Waals surface area contributed by atoms with E-state index in [0.717, 1.165) is 29.9 Å². The average Bonchev–Trinajstić information content (AvgIpc) is 2.85. The second kappa shape index (κ2) is 8.06. The quantitative estimate of drug-likeness (QED) is 0.761. The molecule has 2 aromatic carbocycles. The molecule has 0 radical (unpaired) electrons. The fourth-order valence-electron chi connectivity index (χ4n) is 2.76. The third-order valence-electron chi connectivity index (χ3n) is 4.08. The van der Waals surface area contributed by atoms with Gasteiger partial charge in [-0.3, -0.25) is 0 Å². The van der Waals surface area contributed by atoms with Crippen molar-refractivity contribution in [2.45, 2.75) is 11.7 Å².